The maximum Gasteiger partial charge on any atom is 0.252 e. The molecule has 6 nitrogen and oxygen atoms in total. The molecule has 6 heteroatoms. The molecule has 0 aliphatic carbocycles. The van der Waals surface area contributed by atoms with Crippen LogP contribution in [-0.2, 0) is 13.5 Å². The second-order valence-electron chi connectivity index (χ2n) is 3.89. The number of aromatic nitrogens is 3. The van der Waals surface area contributed by atoms with Crippen LogP contribution >= 0.6 is 0 Å². The molecule has 0 radical (unpaired) electrons. The Balaban J connectivity index is 1.99. The monoisotopic (exact) mass is 245 g/mol. The van der Waals surface area contributed by atoms with E-state index in [4.69, 9.17) is 5.73 Å². The van der Waals surface area contributed by atoms with Gasteiger partial charge in [-0.1, -0.05) is 0 Å². The van der Waals surface area contributed by atoms with Crippen molar-refractivity contribution >= 4 is 11.7 Å². The molecule has 0 spiro atoms. The first kappa shape index (κ1) is 12.1. The summed E-state index contributed by atoms with van der Waals surface area (Å²) in [4.78, 5) is 15.3. The molecule has 18 heavy (non-hydrogen) atoms. The number of nitrogens with two attached hydrogens (primary N) is 1. The first-order valence-corrected chi connectivity index (χ1v) is 5.64. The summed E-state index contributed by atoms with van der Waals surface area (Å²) in [5.41, 5.74) is 6.79. The number of anilines is 1. The quantitative estimate of drug-likeness (QED) is 0.806. The minimum Gasteiger partial charge on any atom is -0.369 e. The van der Waals surface area contributed by atoms with Gasteiger partial charge in [-0.25, -0.2) is 4.98 Å². The lowest BCUT2D eigenvalue weighted by molar-refractivity contribution is 0.100. The van der Waals surface area contributed by atoms with Crippen LogP contribution in [0.15, 0.2) is 30.6 Å². The van der Waals surface area contributed by atoms with E-state index in [0.29, 0.717) is 17.9 Å². The molecule has 0 aliphatic rings. The summed E-state index contributed by atoms with van der Waals surface area (Å²) < 4.78 is 1.81. The molecular weight excluding hydrogens is 230 g/mol. The molecule has 3 N–H and O–H groups in total. The van der Waals surface area contributed by atoms with Gasteiger partial charge in [0.2, 0.25) is 0 Å². The topological polar surface area (TPSA) is 85.8 Å². The van der Waals surface area contributed by atoms with Gasteiger partial charge in [0, 0.05) is 38.1 Å². The van der Waals surface area contributed by atoms with E-state index in [1.807, 2.05) is 17.8 Å². The Morgan fingerprint density at radius 1 is 1.44 bits per heavy atom. The van der Waals surface area contributed by atoms with Crippen LogP contribution in [0.2, 0.25) is 0 Å². The van der Waals surface area contributed by atoms with Crippen molar-refractivity contribution in [2.24, 2.45) is 12.8 Å². The second kappa shape index (κ2) is 5.31. The fourth-order valence-electron chi connectivity index (χ4n) is 1.70. The largest absolute Gasteiger partial charge is 0.369 e. The van der Waals surface area contributed by atoms with Crippen molar-refractivity contribution in [1.82, 2.24) is 14.8 Å². The van der Waals surface area contributed by atoms with Crippen LogP contribution in [0.5, 0.6) is 0 Å². The first-order valence-electron chi connectivity index (χ1n) is 5.64. The number of rotatable bonds is 5. The van der Waals surface area contributed by atoms with Crippen molar-refractivity contribution in [3.8, 4) is 0 Å². The number of amides is 1. The Bertz CT molecular complexity index is 549. The number of aryl methyl sites for hydroxylation is 1. The Labute approximate surface area is 105 Å². The maximum atomic E-state index is 11.2. The van der Waals surface area contributed by atoms with E-state index in [1.165, 1.54) is 0 Å². The van der Waals surface area contributed by atoms with Crippen LogP contribution in [0.3, 0.4) is 0 Å². The number of carbonyl (C=O) groups is 1. The smallest absolute Gasteiger partial charge is 0.252 e. The van der Waals surface area contributed by atoms with Crippen LogP contribution in [-0.4, -0.2) is 27.2 Å². The van der Waals surface area contributed by atoms with E-state index in [9.17, 15) is 4.79 Å². The highest BCUT2D eigenvalue weighted by molar-refractivity contribution is 5.97. The summed E-state index contributed by atoms with van der Waals surface area (Å²) in [6.07, 6.45) is 4.18. The zero-order chi connectivity index (χ0) is 13.0. The molecular formula is C12H15N5O. The van der Waals surface area contributed by atoms with E-state index in [1.54, 1.807) is 24.5 Å². The van der Waals surface area contributed by atoms with Gasteiger partial charge in [-0.05, 0) is 18.2 Å². The molecule has 0 aliphatic heterocycles. The third kappa shape index (κ3) is 2.65. The predicted molar refractivity (Wildman–Crippen MR) is 68.2 cm³/mol. The van der Waals surface area contributed by atoms with Crippen LogP contribution in [0.25, 0.3) is 0 Å². The van der Waals surface area contributed by atoms with Crippen molar-refractivity contribution in [2.45, 2.75) is 6.42 Å². The standard InChI is InChI=1S/C12H15N5O/c1-17-9(5-8-16-17)4-7-15-12-10(11(13)18)3-2-6-14-12/h2-3,5-6,8H,4,7H2,1H3,(H2,13,18)(H,14,15). The summed E-state index contributed by atoms with van der Waals surface area (Å²) in [6.45, 7) is 0.664. The van der Waals surface area contributed by atoms with Crippen LogP contribution < -0.4 is 11.1 Å². The Hall–Kier alpha value is -2.37. The van der Waals surface area contributed by atoms with Crippen molar-refractivity contribution in [1.29, 1.82) is 0 Å². The fraction of sp³-hybridized carbons (Fsp3) is 0.250. The molecule has 2 rings (SSSR count). The zero-order valence-electron chi connectivity index (χ0n) is 10.1. The normalized spacial score (nSPS) is 10.3. The second-order valence-corrected chi connectivity index (χ2v) is 3.89. The molecule has 2 heterocycles. The van der Waals surface area contributed by atoms with E-state index in [0.717, 1.165) is 12.1 Å². The minimum absolute atomic E-state index is 0.405. The molecule has 0 bridgehead atoms. The van der Waals surface area contributed by atoms with Gasteiger partial charge in [-0.2, -0.15) is 5.10 Å². The summed E-state index contributed by atoms with van der Waals surface area (Å²) >= 11 is 0. The highest BCUT2D eigenvalue weighted by atomic mass is 16.1. The van der Waals surface area contributed by atoms with Gasteiger partial charge < -0.3 is 11.1 Å². The van der Waals surface area contributed by atoms with E-state index in [2.05, 4.69) is 15.4 Å². The van der Waals surface area contributed by atoms with Gasteiger partial charge in [0.05, 0.1) is 5.56 Å². The molecule has 0 atom stereocenters. The lowest BCUT2D eigenvalue weighted by Gasteiger charge is -2.08. The highest BCUT2D eigenvalue weighted by Crippen LogP contribution is 2.10. The Morgan fingerprint density at radius 3 is 2.94 bits per heavy atom. The number of carbonyl (C=O) groups excluding carboxylic acids is 1. The SMILES string of the molecule is Cn1nccc1CCNc1ncccc1C(N)=O. The molecule has 0 saturated carbocycles. The van der Waals surface area contributed by atoms with Crippen LogP contribution in [0, 0.1) is 0 Å². The highest BCUT2D eigenvalue weighted by Gasteiger charge is 2.08. The summed E-state index contributed by atoms with van der Waals surface area (Å²) in [7, 11) is 1.89. The number of hydrogen-bond donors (Lipinski definition) is 2. The summed E-state index contributed by atoms with van der Waals surface area (Å²) in [5, 5.41) is 7.19. The van der Waals surface area contributed by atoms with Crippen molar-refractivity contribution < 1.29 is 4.79 Å². The van der Waals surface area contributed by atoms with E-state index < -0.39 is 5.91 Å². The van der Waals surface area contributed by atoms with Gasteiger partial charge >= 0.3 is 0 Å². The number of nitrogens with one attached hydrogen (secondary N) is 1. The van der Waals surface area contributed by atoms with E-state index >= 15 is 0 Å². The molecule has 94 valence electrons. The number of nitrogens with zero attached hydrogens (tertiary/aromatic N) is 3. The van der Waals surface area contributed by atoms with Gasteiger partial charge in [0.25, 0.3) is 5.91 Å². The predicted octanol–water partition coefficient (Wildman–Crippen LogP) is 0.569. The van der Waals surface area contributed by atoms with Crippen molar-refractivity contribution in [2.75, 3.05) is 11.9 Å². The Kier molecular flexibility index (Phi) is 3.57. The summed E-state index contributed by atoms with van der Waals surface area (Å²) in [5.74, 6) is 0.0401. The van der Waals surface area contributed by atoms with Gasteiger partial charge in [-0.15, -0.1) is 0 Å². The average molecular weight is 245 g/mol. The third-order valence-electron chi connectivity index (χ3n) is 2.67. The number of hydrogen-bond acceptors (Lipinski definition) is 4. The molecule has 0 fully saturated rings. The van der Waals surface area contributed by atoms with Gasteiger partial charge in [-0.3, -0.25) is 9.48 Å². The maximum absolute atomic E-state index is 11.2. The first-order chi connectivity index (χ1) is 8.68. The molecule has 2 aromatic heterocycles. The van der Waals surface area contributed by atoms with Gasteiger partial charge in [0.1, 0.15) is 5.82 Å². The van der Waals surface area contributed by atoms with Crippen LogP contribution in [0.1, 0.15) is 16.1 Å². The molecule has 0 aromatic carbocycles. The molecule has 1 amide bonds. The third-order valence-corrected chi connectivity index (χ3v) is 2.67. The van der Waals surface area contributed by atoms with Crippen LogP contribution in [0.4, 0.5) is 5.82 Å². The zero-order valence-corrected chi connectivity index (χ0v) is 10.1. The van der Waals surface area contributed by atoms with E-state index in [-0.39, 0.29) is 0 Å². The fourth-order valence-corrected chi connectivity index (χ4v) is 1.70. The molecule has 0 saturated heterocycles. The number of primary amides is 1. The van der Waals surface area contributed by atoms with Crippen molar-refractivity contribution in [3.63, 3.8) is 0 Å². The molecule has 2 aromatic rings. The van der Waals surface area contributed by atoms with Gasteiger partial charge in [0.15, 0.2) is 0 Å². The number of pyridine rings is 1. The Morgan fingerprint density at radius 2 is 2.28 bits per heavy atom. The molecule has 0 unspecified atom stereocenters. The van der Waals surface area contributed by atoms with Crippen molar-refractivity contribution in [3.05, 3.63) is 41.9 Å². The lowest BCUT2D eigenvalue weighted by Crippen LogP contribution is -2.17. The lowest BCUT2D eigenvalue weighted by atomic mass is 10.2. The minimum atomic E-state index is -0.480. The average Bonchev–Trinajstić information content (AvgIpc) is 2.76. The summed E-state index contributed by atoms with van der Waals surface area (Å²) in [6, 6.07) is 5.29.